The molecule has 1 amide bonds. The molecule has 2 N–H and O–H groups in total. The number of ether oxygens (including phenoxy) is 1. The molecule has 0 spiro atoms. The van der Waals surface area contributed by atoms with Gasteiger partial charge in [-0.15, -0.1) is 0 Å². The standard InChI is InChI=1S/C21H23N3O2/c1-4-17-7-5-6-15(2)20(17)23-14-18(12-22)21(25)24-13-16-8-10-19(26-3)11-9-16/h5-11,14,23H,4,13H2,1-3H3,(H,24,25)/b18-14-. The van der Waals surface area contributed by atoms with Crippen LogP contribution in [0.3, 0.4) is 0 Å². The molecule has 0 aromatic heterocycles. The molecule has 2 aromatic rings. The molecule has 0 saturated heterocycles. The van der Waals surface area contributed by atoms with Crippen molar-refractivity contribution in [1.82, 2.24) is 5.32 Å². The number of carbonyl (C=O) groups excluding carboxylic acids is 1. The summed E-state index contributed by atoms with van der Waals surface area (Å²) in [6.45, 7) is 4.40. The van der Waals surface area contributed by atoms with Crippen molar-refractivity contribution >= 4 is 11.6 Å². The molecular weight excluding hydrogens is 326 g/mol. The van der Waals surface area contributed by atoms with Crippen molar-refractivity contribution < 1.29 is 9.53 Å². The number of rotatable bonds is 7. The van der Waals surface area contributed by atoms with Gasteiger partial charge in [-0.2, -0.15) is 5.26 Å². The van der Waals surface area contributed by atoms with Crippen molar-refractivity contribution in [1.29, 1.82) is 5.26 Å². The van der Waals surface area contributed by atoms with E-state index in [1.165, 1.54) is 6.20 Å². The van der Waals surface area contributed by atoms with Gasteiger partial charge in [0.25, 0.3) is 5.91 Å². The van der Waals surface area contributed by atoms with Gasteiger partial charge in [-0.25, -0.2) is 0 Å². The van der Waals surface area contributed by atoms with Gasteiger partial charge in [-0.05, 0) is 42.2 Å². The number of hydrogen-bond acceptors (Lipinski definition) is 4. The highest BCUT2D eigenvalue weighted by Crippen LogP contribution is 2.21. The Labute approximate surface area is 154 Å². The van der Waals surface area contributed by atoms with Crippen LogP contribution >= 0.6 is 0 Å². The third-order valence-corrected chi connectivity index (χ3v) is 4.08. The maximum absolute atomic E-state index is 12.3. The van der Waals surface area contributed by atoms with E-state index in [4.69, 9.17) is 4.74 Å². The van der Waals surface area contributed by atoms with Gasteiger partial charge in [0.15, 0.2) is 0 Å². The van der Waals surface area contributed by atoms with E-state index in [0.717, 1.165) is 34.5 Å². The lowest BCUT2D eigenvalue weighted by molar-refractivity contribution is -0.117. The van der Waals surface area contributed by atoms with Gasteiger partial charge in [0.2, 0.25) is 0 Å². The number of methoxy groups -OCH3 is 1. The van der Waals surface area contributed by atoms with Crippen molar-refractivity contribution in [3.8, 4) is 11.8 Å². The molecule has 26 heavy (non-hydrogen) atoms. The van der Waals surface area contributed by atoms with Crippen LogP contribution < -0.4 is 15.4 Å². The first-order valence-corrected chi connectivity index (χ1v) is 8.45. The first-order valence-electron chi connectivity index (χ1n) is 8.45. The number of nitrogens with one attached hydrogen (secondary N) is 2. The Kier molecular flexibility index (Phi) is 6.81. The fourth-order valence-corrected chi connectivity index (χ4v) is 2.54. The third kappa shape index (κ3) is 4.87. The fraction of sp³-hybridized carbons (Fsp3) is 0.238. The zero-order chi connectivity index (χ0) is 18.9. The number of benzene rings is 2. The van der Waals surface area contributed by atoms with Crippen molar-refractivity contribution in [2.75, 3.05) is 12.4 Å². The molecule has 0 atom stereocenters. The predicted octanol–water partition coefficient (Wildman–Crippen LogP) is 3.70. The summed E-state index contributed by atoms with van der Waals surface area (Å²) < 4.78 is 5.11. The topological polar surface area (TPSA) is 74.2 Å². The third-order valence-electron chi connectivity index (χ3n) is 4.08. The molecular formula is C21H23N3O2. The maximum Gasteiger partial charge on any atom is 0.263 e. The van der Waals surface area contributed by atoms with Gasteiger partial charge < -0.3 is 15.4 Å². The molecule has 0 aliphatic heterocycles. The second-order valence-corrected chi connectivity index (χ2v) is 5.81. The Balaban J connectivity index is 2.04. The lowest BCUT2D eigenvalue weighted by atomic mass is 10.1. The van der Waals surface area contributed by atoms with Gasteiger partial charge in [-0.1, -0.05) is 37.3 Å². The smallest absolute Gasteiger partial charge is 0.263 e. The Morgan fingerprint density at radius 1 is 1.23 bits per heavy atom. The first kappa shape index (κ1) is 19.1. The number of anilines is 1. The highest BCUT2D eigenvalue weighted by molar-refractivity contribution is 5.97. The number of carbonyl (C=O) groups is 1. The van der Waals surface area contributed by atoms with E-state index in [1.807, 2.05) is 55.5 Å². The van der Waals surface area contributed by atoms with Crippen LogP contribution in [0.15, 0.2) is 54.2 Å². The van der Waals surface area contributed by atoms with Crippen LogP contribution in [0.1, 0.15) is 23.6 Å². The summed E-state index contributed by atoms with van der Waals surface area (Å²) in [5.74, 6) is 0.342. The Morgan fingerprint density at radius 3 is 2.58 bits per heavy atom. The Hall–Kier alpha value is -3.26. The number of para-hydroxylation sites is 1. The quantitative estimate of drug-likeness (QED) is 0.590. The highest BCUT2D eigenvalue weighted by atomic mass is 16.5. The van der Waals surface area contributed by atoms with Crippen LogP contribution in [-0.4, -0.2) is 13.0 Å². The van der Waals surface area contributed by atoms with E-state index in [0.29, 0.717) is 6.54 Å². The largest absolute Gasteiger partial charge is 0.497 e. The minimum Gasteiger partial charge on any atom is -0.497 e. The van der Waals surface area contributed by atoms with Crippen molar-refractivity contribution in [2.45, 2.75) is 26.8 Å². The summed E-state index contributed by atoms with van der Waals surface area (Å²) in [4.78, 5) is 12.3. The second kappa shape index (κ2) is 9.28. The molecule has 0 fully saturated rings. The summed E-state index contributed by atoms with van der Waals surface area (Å²) in [7, 11) is 1.60. The zero-order valence-electron chi connectivity index (χ0n) is 15.3. The molecule has 5 heteroatoms. The lowest BCUT2D eigenvalue weighted by Gasteiger charge is -2.11. The van der Waals surface area contributed by atoms with Crippen LogP contribution in [0.2, 0.25) is 0 Å². The zero-order valence-corrected chi connectivity index (χ0v) is 15.3. The number of hydrogen-bond donors (Lipinski definition) is 2. The van der Waals surface area contributed by atoms with Crippen molar-refractivity contribution in [2.24, 2.45) is 0 Å². The van der Waals surface area contributed by atoms with Crippen molar-refractivity contribution in [3.05, 3.63) is 70.9 Å². The lowest BCUT2D eigenvalue weighted by Crippen LogP contribution is -2.24. The number of nitriles is 1. The van der Waals surface area contributed by atoms with Crippen LogP contribution in [0, 0.1) is 18.3 Å². The van der Waals surface area contributed by atoms with Gasteiger partial charge in [0.1, 0.15) is 17.4 Å². The van der Waals surface area contributed by atoms with E-state index in [1.54, 1.807) is 7.11 Å². The Morgan fingerprint density at radius 2 is 1.96 bits per heavy atom. The van der Waals surface area contributed by atoms with Crippen molar-refractivity contribution in [3.63, 3.8) is 0 Å². The molecule has 0 heterocycles. The van der Waals surface area contributed by atoms with Crippen LogP contribution in [-0.2, 0) is 17.8 Å². The number of amides is 1. The van der Waals surface area contributed by atoms with Gasteiger partial charge in [0, 0.05) is 18.4 Å². The minimum atomic E-state index is -0.414. The first-order chi connectivity index (χ1) is 12.6. The average Bonchev–Trinajstić information content (AvgIpc) is 2.68. The van der Waals surface area contributed by atoms with E-state index in [9.17, 15) is 10.1 Å². The van der Waals surface area contributed by atoms with E-state index in [2.05, 4.69) is 17.6 Å². The molecule has 134 valence electrons. The summed E-state index contributed by atoms with van der Waals surface area (Å²) in [5.41, 5.74) is 4.10. The molecule has 0 radical (unpaired) electrons. The SMILES string of the molecule is CCc1cccc(C)c1N/C=C(/C#N)C(=O)NCc1ccc(OC)cc1. The Bertz CT molecular complexity index is 833. The van der Waals surface area contributed by atoms with Gasteiger partial charge >= 0.3 is 0 Å². The summed E-state index contributed by atoms with van der Waals surface area (Å²) in [6, 6.07) is 15.4. The molecule has 5 nitrogen and oxygen atoms in total. The molecule has 0 bridgehead atoms. The number of nitrogens with zero attached hydrogens (tertiary/aromatic N) is 1. The second-order valence-electron chi connectivity index (χ2n) is 5.81. The maximum atomic E-state index is 12.3. The molecule has 0 aliphatic carbocycles. The summed E-state index contributed by atoms with van der Waals surface area (Å²) in [5, 5.41) is 15.2. The fourth-order valence-electron chi connectivity index (χ4n) is 2.54. The normalized spacial score (nSPS) is 10.8. The van der Waals surface area contributed by atoms with E-state index in [-0.39, 0.29) is 5.57 Å². The summed E-state index contributed by atoms with van der Waals surface area (Å²) >= 11 is 0. The average molecular weight is 349 g/mol. The monoisotopic (exact) mass is 349 g/mol. The predicted molar refractivity (Wildman–Crippen MR) is 103 cm³/mol. The van der Waals surface area contributed by atoms with Gasteiger partial charge in [-0.3, -0.25) is 4.79 Å². The molecule has 2 rings (SSSR count). The molecule has 0 aliphatic rings. The van der Waals surface area contributed by atoms with E-state index >= 15 is 0 Å². The molecule has 0 unspecified atom stereocenters. The van der Waals surface area contributed by atoms with Crippen LogP contribution in [0.5, 0.6) is 5.75 Å². The highest BCUT2D eigenvalue weighted by Gasteiger charge is 2.10. The molecule has 2 aromatic carbocycles. The number of aryl methyl sites for hydroxylation is 2. The minimum absolute atomic E-state index is 0.0313. The van der Waals surface area contributed by atoms with Crippen LogP contribution in [0.4, 0.5) is 5.69 Å². The van der Waals surface area contributed by atoms with E-state index < -0.39 is 5.91 Å². The van der Waals surface area contributed by atoms with Gasteiger partial charge in [0.05, 0.1) is 7.11 Å². The molecule has 0 saturated carbocycles. The summed E-state index contributed by atoms with van der Waals surface area (Å²) in [6.07, 6.45) is 2.33. The van der Waals surface area contributed by atoms with Crippen LogP contribution in [0.25, 0.3) is 0 Å².